The second-order valence-electron chi connectivity index (χ2n) is 7.06. The number of hydrogen-bond donors (Lipinski definition) is 1. The smallest absolute Gasteiger partial charge is 0.211 e. The summed E-state index contributed by atoms with van der Waals surface area (Å²) in [5.74, 6) is 0. The zero-order valence-corrected chi connectivity index (χ0v) is 15.4. The van der Waals surface area contributed by atoms with Crippen LogP contribution in [0.1, 0.15) is 44.3 Å². The summed E-state index contributed by atoms with van der Waals surface area (Å²) in [6.45, 7) is 4.18. The Morgan fingerprint density at radius 1 is 1.25 bits per heavy atom. The zero-order valence-electron chi connectivity index (χ0n) is 14.6. The van der Waals surface area contributed by atoms with Crippen molar-refractivity contribution < 1.29 is 13.2 Å². The van der Waals surface area contributed by atoms with Crippen molar-refractivity contribution in [2.75, 3.05) is 25.9 Å². The summed E-state index contributed by atoms with van der Waals surface area (Å²) in [7, 11) is -3.11. The molecule has 0 bridgehead atoms. The molecule has 6 heteroatoms. The SMILES string of the molecule is CCN[C@H]1C[C@@H](c2ccccc2)OC2(CCN(S(C)(=O)=O)CC2)C1. The highest BCUT2D eigenvalue weighted by Crippen LogP contribution is 2.43. The molecule has 0 amide bonds. The van der Waals surface area contributed by atoms with Gasteiger partial charge in [-0.15, -0.1) is 0 Å². The standard InChI is InChI=1S/C18H28N2O3S/c1-3-19-16-13-17(15-7-5-4-6-8-15)23-18(14-16)9-11-20(12-10-18)24(2,21)22/h4-8,16-17,19H,3,9-14H2,1-2H3/t16-,17-/m0/s1. The zero-order chi connectivity index (χ0) is 17.2. The van der Waals surface area contributed by atoms with Gasteiger partial charge in [0.15, 0.2) is 0 Å². The lowest BCUT2D eigenvalue weighted by Gasteiger charge is -2.48. The van der Waals surface area contributed by atoms with Crippen molar-refractivity contribution in [2.45, 2.75) is 50.4 Å². The molecule has 0 radical (unpaired) electrons. The van der Waals surface area contributed by atoms with E-state index in [1.807, 2.05) is 6.07 Å². The van der Waals surface area contributed by atoms with Gasteiger partial charge < -0.3 is 10.1 Å². The van der Waals surface area contributed by atoms with Gasteiger partial charge in [-0.2, -0.15) is 0 Å². The van der Waals surface area contributed by atoms with Gasteiger partial charge in [0, 0.05) is 19.1 Å². The van der Waals surface area contributed by atoms with Gasteiger partial charge in [0.05, 0.1) is 18.0 Å². The minimum absolute atomic E-state index is 0.0776. The van der Waals surface area contributed by atoms with Gasteiger partial charge in [0.25, 0.3) is 0 Å². The molecule has 2 saturated heterocycles. The van der Waals surface area contributed by atoms with Crippen LogP contribution in [0, 0.1) is 0 Å². The fourth-order valence-electron chi connectivity index (χ4n) is 4.05. The van der Waals surface area contributed by atoms with Crippen LogP contribution >= 0.6 is 0 Å². The molecule has 2 heterocycles. The Kier molecular flexibility index (Phi) is 5.30. The maximum absolute atomic E-state index is 11.8. The molecule has 0 unspecified atom stereocenters. The van der Waals surface area contributed by atoms with Crippen molar-refractivity contribution in [2.24, 2.45) is 0 Å². The Morgan fingerprint density at radius 2 is 1.92 bits per heavy atom. The van der Waals surface area contributed by atoms with Crippen LogP contribution in [-0.2, 0) is 14.8 Å². The maximum atomic E-state index is 11.8. The number of rotatable bonds is 4. The van der Waals surface area contributed by atoms with Gasteiger partial charge in [0.1, 0.15) is 0 Å². The predicted molar refractivity (Wildman–Crippen MR) is 95.3 cm³/mol. The monoisotopic (exact) mass is 352 g/mol. The number of hydrogen-bond acceptors (Lipinski definition) is 4. The van der Waals surface area contributed by atoms with E-state index in [0.29, 0.717) is 19.1 Å². The predicted octanol–water partition coefficient (Wildman–Crippen LogP) is 2.31. The summed E-state index contributed by atoms with van der Waals surface area (Å²) in [6.07, 6.45) is 4.84. The van der Waals surface area contributed by atoms with Crippen molar-refractivity contribution >= 4 is 10.0 Å². The van der Waals surface area contributed by atoms with E-state index in [-0.39, 0.29) is 11.7 Å². The van der Waals surface area contributed by atoms with Crippen molar-refractivity contribution in [1.82, 2.24) is 9.62 Å². The molecule has 1 aromatic rings. The summed E-state index contributed by atoms with van der Waals surface area (Å²) >= 11 is 0. The molecule has 5 nitrogen and oxygen atoms in total. The van der Waals surface area contributed by atoms with Gasteiger partial charge >= 0.3 is 0 Å². The molecule has 1 aromatic carbocycles. The van der Waals surface area contributed by atoms with Crippen molar-refractivity contribution in [3.8, 4) is 0 Å². The van der Waals surface area contributed by atoms with Crippen LogP contribution in [0.5, 0.6) is 0 Å². The highest BCUT2D eigenvalue weighted by Gasteiger charge is 2.44. The topological polar surface area (TPSA) is 58.6 Å². The average Bonchev–Trinajstić information content (AvgIpc) is 2.55. The molecular formula is C18H28N2O3S. The first-order chi connectivity index (χ1) is 11.4. The molecule has 0 saturated carbocycles. The lowest BCUT2D eigenvalue weighted by molar-refractivity contribution is -0.158. The molecule has 2 atom stereocenters. The van der Waals surface area contributed by atoms with Crippen LogP contribution in [-0.4, -0.2) is 50.3 Å². The van der Waals surface area contributed by atoms with Crippen LogP contribution in [0.3, 0.4) is 0 Å². The molecule has 0 aliphatic carbocycles. The largest absolute Gasteiger partial charge is 0.367 e. The Morgan fingerprint density at radius 3 is 2.50 bits per heavy atom. The molecule has 2 aliphatic heterocycles. The first kappa shape index (κ1) is 17.9. The fourth-order valence-corrected chi connectivity index (χ4v) is 4.90. The number of piperidine rings is 1. The van der Waals surface area contributed by atoms with Crippen LogP contribution < -0.4 is 5.32 Å². The van der Waals surface area contributed by atoms with Crippen LogP contribution in [0.2, 0.25) is 0 Å². The summed E-state index contributed by atoms with van der Waals surface area (Å²) in [4.78, 5) is 0. The molecule has 1 spiro atoms. The summed E-state index contributed by atoms with van der Waals surface area (Å²) in [5.41, 5.74) is 0.997. The van der Waals surface area contributed by atoms with Gasteiger partial charge in [-0.25, -0.2) is 12.7 Å². The fraction of sp³-hybridized carbons (Fsp3) is 0.667. The maximum Gasteiger partial charge on any atom is 0.211 e. The lowest BCUT2D eigenvalue weighted by atomic mass is 9.80. The minimum Gasteiger partial charge on any atom is -0.367 e. The van der Waals surface area contributed by atoms with Crippen molar-refractivity contribution in [1.29, 1.82) is 0 Å². The molecule has 2 aliphatic rings. The highest BCUT2D eigenvalue weighted by atomic mass is 32.2. The Labute approximate surface area is 145 Å². The van der Waals surface area contributed by atoms with Gasteiger partial charge in [-0.1, -0.05) is 37.3 Å². The summed E-state index contributed by atoms with van der Waals surface area (Å²) in [6, 6.07) is 10.8. The van der Waals surface area contributed by atoms with E-state index < -0.39 is 10.0 Å². The number of sulfonamides is 1. The molecule has 2 fully saturated rings. The van der Waals surface area contributed by atoms with E-state index in [0.717, 1.165) is 32.2 Å². The van der Waals surface area contributed by atoms with E-state index >= 15 is 0 Å². The van der Waals surface area contributed by atoms with Crippen molar-refractivity contribution in [3.63, 3.8) is 0 Å². The van der Waals surface area contributed by atoms with Crippen LogP contribution in [0.25, 0.3) is 0 Å². The van der Waals surface area contributed by atoms with Crippen LogP contribution in [0.15, 0.2) is 30.3 Å². The quantitative estimate of drug-likeness (QED) is 0.903. The molecule has 1 N–H and O–H groups in total. The number of nitrogens with one attached hydrogen (secondary N) is 1. The third-order valence-corrected chi connectivity index (χ3v) is 6.58. The second kappa shape index (κ2) is 7.12. The highest BCUT2D eigenvalue weighted by molar-refractivity contribution is 7.88. The number of ether oxygens (including phenoxy) is 1. The summed E-state index contributed by atoms with van der Waals surface area (Å²) in [5, 5.41) is 3.59. The third kappa shape index (κ3) is 3.99. The van der Waals surface area contributed by atoms with Crippen molar-refractivity contribution in [3.05, 3.63) is 35.9 Å². The lowest BCUT2D eigenvalue weighted by Crippen LogP contribution is -2.54. The van der Waals surface area contributed by atoms with E-state index in [1.165, 1.54) is 11.8 Å². The molecular weight excluding hydrogens is 324 g/mol. The molecule has 3 rings (SSSR count). The van der Waals surface area contributed by atoms with E-state index in [4.69, 9.17) is 4.74 Å². The Hall–Kier alpha value is -0.950. The third-order valence-electron chi connectivity index (χ3n) is 5.28. The Bertz CT molecular complexity index is 639. The first-order valence-electron chi connectivity index (χ1n) is 8.83. The van der Waals surface area contributed by atoms with Gasteiger partial charge in [-0.3, -0.25) is 0 Å². The van der Waals surface area contributed by atoms with E-state index in [2.05, 4.69) is 36.5 Å². The van der Waals surface area contributed by atoms with E-state index in [1.54, 1.807) is 4.31 Å². The number of benzene rings is 1. The van der Waals surface area contributed by atoms with Gasteiger partial charge in [-0.05, 0) is 37.8 Å². The van der Waals surface area contributed by atoms with Crippen LogP contribution in [0.4, 0.5) is 0 Å². The summed E-state index contributed by atoms with van der Waals surface area (Å²) < 4.78 is 31.7. The first-order valence-corrected chi connectivity index (χ1v) is 10.7. The Balaban J connectivity index is 1.77. The minimum atomic E-state index is -3.11. The second-order valence-corrected chi connectivity index (χ2v) is 9.04. The van der Waals surface area contributed by atoms with Gasteiger partial charge in [0.2, 0.25) is 10.0 Å². The molecule has 134 valence electrons. The normalized spacial score (nSPS) is 28.1. The molecule has 24 heavy (non-hydrogen) atoms. The number of nitrogens with zero attached hydrogens (tertiary/aromatic N) is 1. The average molecular weight is 353 g/mol. The van der Waals surface area contributed by atoms with E-state index in [9.17, 15) is 8.42 Å². The molecule has 0 aromatic heterocycles.